The first-order valence-corrected chi connectivity index (χ1v) is 9.30. The molecule has 0 spiro atoms. The fourth-order valence-electron chi connectivity index (χ4n) is 3.35. The Morgan fingerprint density at radius 3 is 2.64 bits per heavy atom. The molecule has 1 aliphatic heterocycles. The molecular formula is C19H18N2O3S. The van der Waals surface area contributed by atoms with Gasteiger partial charge in [-0.3, -0.25) is 14.4 Å². The van der Waals surface area contributed by atoms with Crippen molar-refractivity contribution in [2.75, 3.05) is 18.4 Å². The standard InChI is InChI=1S/C19H18N2O3S/c22-15-6-7-16-14(15)11-17(25-16)18(23)20-13-5-3-4-12(10-13)19(24)21-8-1-2-9-21/h3-5,10-11H,1-2,6-9H2,(H,20,23). The van der Waals surface area contributed by atoms with E-state index in [1.165, 1.54) is 11.3 Å². The zero-order chi connectivity index (χ0) is 17.4. The summed E-state index contributed by atoms with van der Waals surface area (Å²) in [5.74, 6) is -0.115. The molecule has 0 bridgehead atoms. The number of likely N-dealkylation sites (tertiary alicyclic amines) is 1. The summed E-state index contributed by atoms with van der Waals surface area (Å²) in [6.45, 7) is 1.59. The van der Waals surface area contributed by atoms with Gasteiger partial charge in [0.2, 0.25) is 0 Å². The molecule has 2 amide bonds. The van der Waals surface area contributed by atoms with Gasteiger partial charge < -0.3 is 10.2 Å². The van der Waals surface area contributed by atoms with Gasteiger partial charge in [-0.2, -0.15) is 0 Å². The average Bonchev–Trinajstić information content (AvgIpc) is 3.33. The number of Topliss-reactive ketones (excluding diaryl/α,β-unsaturated/α-hetero) is 1. The van der Waals surface area contributed by atoms with Gasteiger partial charge in [-0.1, -0.05) is 6.07 Å². The van der Waals surface area contributed by atoms with Crippen LogP contribution in [-0.2, 0) is 6.42 Å². The third-order valence-electron chi connectivity index (χ3n) is 4.67. The number of carbonyl (C=O) groups excluding carboxylic acids is 3. The highest BCUT2D eigenvalue weighted by Gasteiger charge is 2.25. The Bertz CT molecular complexity index is 865. The maximum absolute atomic E-state index is 12.5. The number of benzene rings is 1. The first-order valence-electron chi connectivity index (χ1n) is 8.48. The minimum absolute atomic E-state index is 0.00861. The van der Waals surface area contributed by atoms with Gasteiger partial charge in [0.05, 0.1) is 4.88 Å². The average molecular weight is 354 g/mol. The Balaban J connectivity index is 1.50. The van der Waals surface area contributed by atoms with Gasteiger partial charge in [0.1, 0.15) is 0 Å². The summed E-state index contributed by atoms with van der Waals surface area (Å²) >= 11 is 1.38. The number of ketones is 1. The Morgan fingerprint density at radius 2 is 1.88 bits per heavy atom. The summed E-state index contributed by atoms with van der Waals surface area (Å²) in [7, 11) is 0. The van der Waals surface area contributed by atoms with E-state index in [-0.39, 0.29) is 17.6 Å². The number of nitrogens with zero attached hydrogens (tertiary/aromatic N) is 1. The summed E-state index contributed by atoms with van der Waals surface area (Å²) in [6.07, 6.45) is 3.36. The van der Waals surface area contributed by atoms with Crippen LogP contribution in [0, 0.1) is 0 Å². The SMILES string of the molecule is O=C(Nc1cccc(C(=O)N2CCCC2)c1)c1cc2c(s1)CCC2=O. The minimum atomic E-state index is -0.238. The third-order valence-corrected chi connectivity index (χ3v) is 5.87. The molecule has 0 atom stereocenters. The molecule has 1 saturated heterocycles. The lowest BCUT2D eigenvalue weighted by Crippen LogP contribution is -2.27. The number of anilines is 1. The van der Waals surface area contributed by atoms with Gasteiger partial charge in [-0.05, 0) is 43.5 Å². The van der Waals surface area contributed by atoms with Crippen molar-refractivity contribution in [1.29, 1.82) is 0 Å². The van der Waals surface area contributed by atoms with Crippen LogP contribution in [0.1, 0.15) is 54.5 Å². The molecule has 0 saturated carbocycles. The second-order valence-electron chi connectivity index (χ2n) is 6.40. The highest BCUT2D eigenvalue weighted by atomic mass is 32.1. The fraction of sp³-hybridized carbons (Fsp3) is 0.316. The van der Waals surface area contributed by atoms with Crippen LogP contribution < -0.4 is 5.32 Å². The summed E-state index contributed by atoms with van der Waals surface area (Å²) in [5, 5.41) is 2.84. The Labute approximate surface area is 149 Å². The third kappa shape index (κ3) is 3.09. The molecule has 1 aliphatic carbocycles. The van der Waals surface area contributed by atoms with Crippen LogP contribution in [0.25, 0.3) is 0 Å². The molecule has 128 valence electrons. The monoisotopic (exact) mass is 354 g/mol. The van der Waals surface area contributed by atoms with E-state index in [4.69, 9.17) is 0 Å². The topological polar surface area (TPSA) is 66.5 Å². The zero-order valence-electron chi connectivity index (χ0n) is 13.7. The van der Waals surface area contributed by atoms with Crippen LogP contribution in [0.3, 0.4) is 0 Å². The lowest BCUT2D eigenvalue weighted by molar-refractivity contribution is 0.0792. The van der Waals surface area contributed by atoms with E-state index in [1.54, 1.807) is 30.3 Å². The van der Waals surface area contributed by atoms with E-state index in [1.807, 2.05) is 4.90 Å². The van der Waals surface area contributed by atoms with E-state index in [0.717, 1.165) is 37.2 Å². The molecule has 1 N–H and O–H groups in total. The van der Waals surface area contributed by atoms with Gasteiger partial charge in [-0.15, -0.1) is 11.3 Å². The zero-order valence-corrected chi connectivity index (χ0v) is 14.5. The van der Waals surface area contributed by atoms with Crippen LogP contribution in [0.5, 0.6) is 0 Å². The number of carbonyl (C=O) groups is 3. The van der Waals surface area contributed by atoms with E-state index in [2.05, 4.69) is 5.32 Å². The summed E-state index contributed by atoms with van der Waals surface area (Å²) in [4.78, 5) is 40.0. The summed E-state index contributed by atoms with van der Waals surface area (Å²) in [5.41, 5.74) is 1.87. The van der Waals surface area contributed by atoms with E-state index in [9.17, 15) is 14.4 Å². The van der Waals surface area contributed by atoms with Crippen molar-refractivity contribution in [3.8, 4) is 0 Å². The number of hydrogen-bond donors (Lipinski definition) is 1. The largest absolute Gasteiger partial charge is 0.339 e. The van der Waals surface area contributed by atoms with E-state index < -0.39 is 0 Å². The van der Waals surface area contributed by atoms with Gasteiger partial charge in [-0.25, -0.2) is 0 Å². The van der Waals surface area contributed by atoms with Crippen molar-refractivity contribution in [3.05, 3.63) is 51.2 Å². The predicted molar refractivity (Wildman–Crippen MR) is 96.5 cm³/mol. The highest BCUT2D eigenvalue weighted by Crippen LogP contribution is 2.31. The maximum Gasteiger partial charge on any atom is 0.265 e. The lowest BCUT2D eigenvalue weighted by atomic mass is 10.1. The summed E-state index contributed by atoms with van der Waals surface area (Å²) in [6, 6.07) is 8.71. The Kier molecular flexibility index (Phi) is 4.13. The Morgan fingerprint density at radius 1 is 1.08 bits per heavy atom. The molecule has 5 nitrogen and oxygen atoms in total. The minimum Gasteiger partial charge on any atom is -0.339 e. The molecule has 0 radical (unpaired) electrons. The van der Waals surface area contributed by atoms with E-state index in [0.29, 0.717) is 28.1 Å². The van der Waals surface area contributed by atoms with Crippen molar-refractivity contribution >= 4 is 34.6 Å². The molecule has 6 heteroatoms. The normalized spacial score (nSPS) is 16.2. The van der Waals surface area contributed by atoms with Gasteiger partial charge in [0.25, 0.3) is 11.8 Å². The molecule has 4 rings (SSSR count). The fourth-order valence-corrected chi connectivity index (χ4v) is 4.42. The van der Waals surface area contributed by atoms with Crippen molar-refractivity contribution in [3.63, 3.8) is 0 Å². The molecule has 1 fully saturated rings. The molecule has 25 heavy (non-hydrogen) atoms. The molecule has 0 unspecified atom stereocenters. The van der Waals surface area contributed by atoms with E-state index >= 15 is 0 Å². The van der Waals surface area contributed by atoms with Gasteiger partial charge in [0, 0.05) is 41.2 Å². The summed E-state index contributed by atoms with van der Waals surface area (Å²) < 4.78 is 0. The van der Waals surface area contributed by atoms with Crippen LogP contribution in [-0.4, -0.2) is 35.6 Å². The van der Waals surface area contributed by atoms with Gasteiger partial charge >= 0.3 is 0 Å². The lowest BCUT2D eigenvalue weighted by Gasteiger charge is -2.15. The first-order chi connectivity index (χ1) is 12.1. The molecule has 1 aromatic heterocycles. The highest BCUT2D eigenvalue weighted by molar-refractivity contribution is 7.14. The predicted octanol–water partition coefficient (Wildman–Crippen LogP) is 3.37. The number of nitrogens with one attached hydrogen (secondary N) is 1. The van der Waals surface area contributed by atoms with Crippen molar-refractivity contribution in [2.45, 2.75) is 25.7 Å². The van der Waals surface area contributed by atoms with Crippen LogP contribution in [0.15, 0.2) is 30.3 Å². The number of fused-ring (bicyclic) bond motifs is 1. The van der Waals surface area contributed by atoms with Crippen molar-refractivity contribution < 1.29 is 14.4 Å². The van der Waals surface area contributed by atoms with Crippen molar-refractivity contribution in [1.82, 2.24) is 4.90 Å². The van der Waals surface area contributed by atoms with Crippen LogP contribution in [0.2, 0.25) is 0 Å². The quantitative estimate of drug-likeness (QED) is 0.919. The first kappa shape index (κ1) is 16.0. The maximum atomic E-state index is 12.5. The number of aryl methyl sites for hydroxylation is 1. The molecule has 2 heterocycles. The molecular weight excluding hydrogens is 336 g/mol. The molecule has 2 aromatic rings. The van der Waals surface area contributed by atoms with Crippen LogP contribution >= 0.6 is 11.3 Å². The Hall–Kier alpha value is -2.47. The second-order valence-corrected chi connectivity index (χ2v) is 7.54. The molecule has 2 aliphatic rings. The number of amides is 2. The van der Waals surface area contributed by atoms with Gasteiger partial charge in [0.15, 0.2) is 5.78 Å². The number of rotatable bonds is 3. The van der Waals surface area contributed by atoms with Crippen molar-refractivity contribution in [2.24, 2.45) is 0 Å². The number of hydrogen-bond acceptors (Lipinski definition) is 4. The second kappa shape index (κ2) is 6.44. The van der Waals surface area contributed by atoms with Crippen LogP contribution in [0.4, 0.5) is 5.69 Å². The smallest absolute Gasteiger partial charge is 0.265 e. The molecule has 1 aromatic carbocycles. The number of thiophene rings is 1.